The van der Waals surface area contributed by atoms with Gasteiger partial charge in [-0.2, -0.15) is 0 Å². The standard InChI is InChI=1S/C7H10O3/c1-5(8)10-7-3-2-6(9)4-7/h2-3,6-7,9H,4H2,1H3. The molecule has 0 saturated heterocycles. The van der Waals surface area contributed by atoms with Gasteiger partial charge in [0, 0.05) is 13.3 Å². The monoisotopic (exact) mass is 142 g/mol. The number of hydrogen-bond acceptors (Lipinski definition) is 3. The summed E-state index contributed by atoms with van der Waals surface area (Å²) in [5, 5.41) is 8.93. The molecule has 0 aromatic heterocycles. The summed E-state index contributed by atoms with van der Waals surface area (Å²) in [5.74, 6) is -0.302. The summed E-state index contributed by atoms with van der Waals surface area (Å²) < 4.78 is 4.80. The smallest absolute Gasteiger partial charge is 0.303 e. The summed E-state index contributed by atoms with van der Waals surface area (Å²) in [6, 6.07) is 0. The van der Waals surface area contributed by atoms with Gasteiger partial charge in [-0.25, -0.2) is 0 Å². The number of esters is 1. The van der Waals surface area contributed by atoms with E-state index in [1.165, 1.54) is 6.92 Å². The summed E-state index contributed by atoms with van der Waals surface area (Å²) in [7, 11) is 0. The summed E-state index contributed by atoms with van der Waals surface area (Å²) in [4.78, 5) is 10.4. The Bertz CT molecular complexity index is 162. The predicted octanol–water partition coefficient (Wildman–Crippen LogP) is 0.239. The summed E-state index contributed by atoms with van der Waals surface area (Å²) in [6.45, 7) is 1.36. The maximum absolute atomic E-state index is 10.4. The fourth-order valence-corrected chi connectivity index (χ4v) is 0.948. The zero-order valence-electron chi connectivity index (χ0n) is 5.78. The molecule has 56 valence electrons. The Labute approximate surface area is 59.3 Å². The molecule has 0 aliphatic heterocycles. The van der Waals surface area contributed by atoms with Crippen LogP contribution in [0.3, 0.4) is 0 Å². The van der Waals surface area contributed by atoms with Gasteiger partial charge in [0.1, 0.15) is 6.10 Å². The first-order valence-corrected chi connectivity index (χ1v) is 3.22. The number of carbonyl (C=O) groups excluding carboxylic acids is 1. The largest absolute Gasteiger partial charge is 0.458 e. The lowest BCUT2D eigenvalue weighted by molar-refractivity contribution is -0.144. The molecule has 0 fully saturated rings. The minimum absolute atomic E-state index is 0.215. The predicted molar refractivity (Wildman–Crippen MR) is 35.3 cm³/mol. The van der Waals surface area contributed by atoms with Crippen LogP contribution in [0.2, 0.25) is 0 Å². The molecule has 0 aromatic rings. The van der Waals surface area contributed by atoms with Crippen LogP contribution in [0.15, 0.2) is 12.2 Å². The molecular formula is C7H10O3. The van der Waals surface area contributed by atoms with Gasteiger partial charge in [-0.15, -0.1) is 0 Å². The lowest BCUT2D eigenvalue weighted by atomic mass is 10.3. The first kappa shape index (κ1) is 7.28. The van der Waals surface area contributed by atoms with Crippen LogP contribution in [0, 0.1) is 0 Å². The van der Waals surface area contributed by atoms with Crippen molar-refractivity contribution in [2.75, 3.05) is 0 Å². The van der Waals surface area contributed by atoms with Crippen LogP contribution in [0.1, 0.15) is 13.3 Å². The Kier molecular flexibility index (Phi) is 2.06. The van der Waals surface area contributed by atoms with Gasteiger partial charge in [0.15, 0.2) is 0 Å². The lowest BCUT2D eigenvalue weighted by Gasteiger charge is -2.07. The molecule has 2 atom stereocenters. The van der Waals surface area contributed by atoms with E-state index in [9.17, 15) is 4.79 Å². The quantitative estimate of drug-likeness (QED) is 0.421. The number of hydrogen-bond donors (Lipinski definition) is 1. The number of ether oxygens (including phenoxy) is 1. The summed E-state index contributed by atoms with van der Waals surface area (Å²) in [5.41, 5.74) is 0. The van der Waals surface area contributed by atoms with E-state index in [1.54, 1.807) is 12.2 Å². The topological polar surface area (TPSA) is 46.5 Å². The highest BCUT2D eigenvalue weighted by atomic mass is 16.5. The van der Waals surface area contributed by atoms with Crippen molar-refractivity contribution in [3.05, 3.63) is 12.2 Å². The summed E-state index contributed by atoms with van der Waals surface area (Å²) in [6.07, 6.45) is 3.18. The fraction of sp³-hybridized carbons (Fsp3) is 0.571. The van der Waals surface area contributed by atoms with Crippen LogP contribution in [-0.4, -0.2) is 23.3 Å². The minimum Gasteiger partial charge on any atom is -0.458 e. The average Bonchev–Trinajstić information content (AvgIpc) is 2.13. The molecule has 3 heteroatoms. The van der Waals surface area contributed by atoms with E-state index in [1.807, 2.05) is 0 Å². The van der Waals surface area contributed by atoms with Crippen molar-refractivity contribution in [2.24, 2.45) is 0 Å². The van der Waals surface area contributed by atoms with Crippen LogP contribution in [0.25, 0.3) is 0 Å². The molecule has 3 nitrogen and oxygen atoms in total. The highest BCUT2D eigenvalue weighted by molar-refractivity contribution is 5.66. The molecule has 1 N–H and O–H groups in total. The van der Waals surface area contributed by atoms with Crippen LogP contribution in [-0.2, 0) is 9.53 Å². The molecule has 1 aliphatic carbocycles. The van der Waals surface area contributed by atoms with Gasteiger partial charge in [0.25, 0.3) is 0 Å². The van der Waals surface area contributed by atoms with Crippen molar-refractivity contribution < 1.29 is 14.6 Å². The third-order valence-electron chi connectivity index (χ3n) is 1.34. The second kappa shape index (κ2) is 2.84. The molecule has 0 heterocycles. The van der Waals surface area contributed by atoms with E-state index in [0.717, 1.165) is 0 Å². The minimum atomic E-state index is -0.440. The SMILES string of the molecule is CC(=O)OC1C=CC(O)C1. The second-order valence-electron chi connectivity index (χ2n) is 2.34. The van der Waals surface area contributed by atoms with E-state index < -0.39 is 6.10 Å². The van der Waals surface area contributed by atoms with Gasteiger partial charge in [0.2, 0.25) is 0 Å². The van der Waals surface area contributed by atoms with Crippen molar-refractivity contribution in [3.8, 4) is 0 Å². The molecule has 0 bridgehead atoms. The normalized spacial score (nSPS) is 30.6. The first-order valence-electron chi connectivity index (χ1n) is 3.22. The molecule has 0 amide bonds. The highest BCUT2D eigenvalue weighted by Crippen LogP contribution is 2.13. The molecule has 10 heavy (non-hydrogen) atoms. The van der Waals surface area contributed by atoms with E-state index >= 15 is 0 Å². The maximum Gasteiger partial charge on any atom is 0.303 e. The van der Waals surface area contributed by atoms with Gasteiger partial charge >= 0.3 is 5.97 Å². The molecule has 1 rings (SSSR count). The Morgan fingerprint density at radius 2 is 2.40 bits per heavy atom. The van der Waals surface area contributed by atoms with E-state index in [4.69, 9.17) is 9.84 Å². The van der Waals surface area contributed by atoms with E-state index in [2.05, 4.69) is 0 Å². The average molecular weight is 142 g/mol. The van der Waals surface area contributed by atoms with Crippen LogP contribution < -0.4 is 0 Å². The molecule has 0 spiro atoms. The van der Waals surface area contributed by atoms with Crippen molar-refractivity contribution in [1.82, 2.24) is 0 Å². The highest BCUT2D eigenvalue weighted by Gasteiger charge is 2.18. The zero-order valence-corrected chi connectivity index (χ0v) is 5.78. The van der Waals surface area contributed by atoms with Gasteiger partial charge in [-0.05, 0) is 6.08 Å². The van der Waals surface area contributed by atoms with Crippen molar-refractivity contribution >= 4 is 5.97 Å². The number of rotatable bonds is 1. The molecule has 1 aliphatic rings. The second-order valence-corrected chi connectivity index (χ2v) is 2.34. The lowest BCUT2D eigenvalue weighted by Crippen LogP contribution is -2.13. The fourth-order valence-electron chi connectivity index (χ4n) is 0.948. The van der Waals surface area contributed by atoms with E-state index in [0.29, 0.717) is 6.42 Å². The van der Waals surface area contributed by atoms with Crippen LogP contribution in [0.4, 0.5) is 0 Å². The molecule has 0 aromatic carbocycles. The van der Waals surface area contributed by atoms with E-state index in [-0.39, 0.29) is 12.1 Å². The van der Waals surface area contributed by atoms with Gasteiger partial charge in [-0.1, -0.05) is 6.08 Å². The Morgan fingerprint density at radius 1 is 1.70 bits per heavy atom. The molecule has 0 radical (unpaired) electrons. The number of carbonyl (C=O) groups is 1. The van der Waals surface area contributed by atoms with Crippen molar-refractivity contribution in [2.45, 2.75) is 25.6 Å². The Balaban J connectivity index is 2.33. The van der Waals surface area contributed by atoms with Crippen molar-refractivity contribution in [1.29, 1.82) is 0 Å². The zero-order chi connectivity index (χ0) is 7.56. The third-order valence-corrected chi connectivity index (χ3v) is 1.34. The van der Waals surface area contributed by atoms with Gasteiger partial charge < -0.3 is 9.84 Å². The maximum atomic E-state index is 10.4. The Hall–Kier alpha value is -0.830. The number of aliphatic hydroxyl groups is 1. The molecular weight excluding hydrogens is 132 g/mol. The Morgan fingerprint density at radius 3 is 2.80 bits per heavy atom. The summed E-state index contributed by atoms with van der Waals surface area (Å²) >= 11 is 0. The van der Waals surface area contributed by atoms with Crippen LogP contribution >= 0.6 is 0 Å². The first-order chi connectivity index (χ1) is 4.68. The third kappa shape index (κ3) is 1.84. The van der Waals surface area contributed by atoms with Crippen LogP contribution in [0.5, 0.6) is 0 Å². The van der Waals surface area contributed by atoms with Gasteiger partial charge in [0.05, 0.1) is 6.10 Å². The van der Waals surface area contributed by atoms with Crippen molar-refractivity contribution in [3.63, 3.8) is 0 Å². The molecule has 2 unspecified atom stereocenters. The van der Waals surface area contributed by atoms with Gasteiger partial charge in [-0.3, -0.25) is 4.79 Å². The molecule has 0 saturated carbocycles. The number of aliphatic hydroxyl groups excluding tert-OH is 1.